The zero-order valence-electron chi connectivity index (χ0n) is 12.8. The second kappa shape index (κ2) is 6.82. The van der Waals surface area contributed by atoms with Gasteiger partial charge in [0.2, 0.25) is 5.76 Å². The molecular formula is C17H14N2O5. The second-order valence-corrected chi connectivity index (χ2v) is 4.88. The number of benzene rings is 1. The van der Waals surface area contributed by atoms with Crippen molar-refractivity contribution in [1.82, 2.24) is 10.5 Å². The molecule has 3 aromatic rings. The number of nitrogens with zero attached hydrogens (tertiary/aromatic N) is 1. The van der Waals surface area contributed by atoms with Crippen LogP contribution in [0.25, 0.3) is 11.5 Å². The van der Waals surface area contributed by atoms with Gasteiger partial charge in [-0.15, -0.1) is 0 Å². The van der Waals surface area contributed by atoms with E-state index in [0.717, 1.165) is 0 Å². The third kappa shape index (κ3) is 3.19. The standard InChI is InChI=1S/C17H14N2O5/c1-22-17(21)13-6-3-2-5-12(13)16(20)18-10-11-9-15(24-19-11)14-7-4-8-23-14/h2-9H,10H2,1H3,(H,18,20). The Hall–Kier alpha value is -3.35. The Kier molecular flexibility index (Phi) is 4.42. The van der Waals surface area contributed by atoms with Crippen LogP contribution >= 0.6 is 0 Å². The van der Waals surface area contributed by atoms with Gasteiger partial charge in [0.1, 0.15) is 5.69 Å². The summed E-state index contributed by atoms with van der Waals surface area (Å²) in [6, 6.07) is 11.6. The zero-order valence-corrected chi connectivity index (χ0v) is 12.8. The molecule has 2 heterocycles. The number of carbonyl (C=O) groups is 2. The zero-order chi connectivity index (χ0) is 16.9. The average molecular weight is 326 g/mol. The largest absolute Gasteiger partial charge is 0.465 e. The van der Waals surface area contributed by atoms with Gasteiger partial charge in [-0.3, -0.25) is 4.79 Å². The highest BCUT2D eigenvalue weighted by molar-refractivity contribution is 6.05. The number of hydrogen-bond donors (Lipinski definition) is 1. The highest BCUT2D eigenvalue weighted by atomic mass is 16.5. The van der Waals surface area contributed by atoms with Gasteiger partial charge in [-0.25, -0.2) is 4.79 Å². The van der Waals surface area contributed by atoms with Crippen LogP contribution in [-0.2, 0) is 11.3 Å². The SMILES string of the molecule is COC(=O)c1ccccc1C(=O)NCc1cc(-c2ccco2)on1. The van der Waals surface area contributed by atoms with E-state index in [1.165, 1.54) is 19.4 Å². The highest BCUT2D eigenvalue weighted by Gasteiger charge is 2.17. The first-order valence-electron chi connectivity index (χ1n) is 7.14. The first-order valence-corrected chi connectivity index (χ1v) is 7.14. The number of rotatable bonds is 5. The molecule has 0 saturated heterocycles. The summed E-state index contributed by atoms with van der Waals surface area (Å²) in [6.07, 6.45) is 1.53. The number of furan rings is 1. The normalized spacial score (nSPS) is 10.4. The second-order valence-electron chi connectivity index (χ2n) is 4.88. The van der Waals surface area contributed by atoms with Gasteiger partial charge in [-0.1, -0.05) is 17.3 Å². The third-order valence-electron chi connectivity index (χ3n) is 3.33. The molecule has 0 aliphatic carbocycles. The minimum Gasteiger partial charge on any atom is -0.465 e. The Balaban J connectivity index is 1.69. The fourth-order valence-corrected chi connectivity index (χ4v) is 2.17. The van der Waals surface area contributed by atoms with Crippen LogP contribution in [0.15, 0.2) is 57.7 Å². The summed E-state index contributed by atoms with van der Waals surface area (Å²) in [5.41, 5.74) is 0.971. The molecule has 0 unspecified atom stereocenters. The predicted molar refractivity (Wildman–Crippen MR) is 83.2 cm³/mol. The first kappa shape index (κ1) is 15.5. The molecule has 0 fully saturated rings. The van der Waals surface area contributed by atoms with E-state index in [1.807, 2.05) is 0 Å². The van der Waals surface area contributed by atoms with Gasteiger partial charge in [0.05, 0.1) is 31.0 Å². The summed E-state index contributed by atoms with van der Waals surface area (Å²) in [5.74, 6) is 0.0520. The van der Waals surface area contributed by atoms with Gasteiger partial charge < -0.3 is 19.0 Å². The third-order valence-corrected chi connectivity index (χ3v) is 3.33. The Morgan fingerprint density at radius 2 is 1.92 bits per heavy atom. The minimum atomic E-state index is -0.567. The number of esters is 1. The molecule has 0 bridgehead atoms. The van der Waals surface area contributed by atoms with Crippen molar-refractivity contribution >= 4 is 11.9 Å². The first-order chi connectivity index (χ1) is 11.7. The number of nitrogens with one attached hydrogen (secondary N) is 1. The van der Waals surface area contributed by atoms with Crippen molar-refractivity contribution in [3.05, 3.63) is 65.5 Å². The molecule has 24 heavy (non-hydrogen) atoms. The fraction of sp³-hybridized carbons (Fsp3) is 0.118. The molecule has 0 spiro atoms. The Bertz CT molecular complexity index is 852. The van der Waals surface area contributed by atoms with Gasteiger partial charge in [0.15, 0.2) is 5.76 Å². The number of ether oxygens (including phenoxy) is 1. The molecule has 1 aromatic carbocycles. The Morgan fingerprint density at radius 1 is 1.12 bits per heavy atom. The summed E-state index contributed by atoms with van der Waals surface area (Å²) < 4.78 is 15.0. The van der Waals surface area contributed by atoms with Crippen LogP contribution in [0.3, 0.4) is 0 Å². The quantitative estimate of drug-likeness (QED) is 0.724. The molecule has 0 saturated carbocycles. The molecule has 0 aliphatic heterocycles. The lowest BCUT2D eigenvalue weighted by Crippen LogP contribution is -2.25. The number of aromatic nitrogens is 1. The van der Waals surface area contributed by atoms with Gasteiger partial charge in [0.25, 0.3) is 5.91 Å². The van der Waals surface area contributed by atoms with Gasteiger partial charge in [-0.05, 0) is 24.3 Å². The number of carbonyl (C=O) groups excluding carboxylic acids is 2. The number of amides is 1. The molecule has 2 aromatic heterocycles. The summed E-state index contributed by atoms with van der Waals surface area (Å²) in [7, 11) is 1.27. The molecule has 0 aliphatic rings. The lowest BCUT2D eigenvalue weighted by atomic mass is 10.1. The van der Waals surface area contributed by atoms with E-state index >= 15 is 0 Å². The topological polar surface area (TPSA) is 94.6 Å². The van der Waals surface area contributed by atoms with Crippen LogP contribution in [0.4, 0.5) is 0 Å². The van der Waals surface area contributed by atoms with Crippen LogP contribution in [0.1, 0.15) is 26.4 Å². The molecule has 122 valence electrons. The lowest BCUT2D eigenvalue weighted by molar-refractivity contribution is 0.0596. The van der Waals surface area contributed by atoms with Crippen LogP contribution in [0, 0.1) is 0 Å². The average Bonchev–Trinajstić information content (AvgIpc) is 3.30. The van der Waals surface area contributed by atoms with Crippen LogP contribution < -0.4 is 5.32 Å². The summed E-state index contributed by atoms with van der Waals surface area (Å²) in [5, 5.41) is 6.56. The van der Waals surface area contributed by atoms with E-state index in [0.29, 0.717) is 17.2 Å². The molecule has 3 rings (SSSR count). The number of hydrogen-bond acceptors (Lipinski definition) is 6. The molecule has 7 heteroatoms. The Morgan fingerprint density at radius 3 is 2.62 bits per heavy atom. The van der Waals surface area contributed by atoms with Crippen molar-refractivity contribution in [3.8, 4) is 11.5 Å². The summed E-state index contributed by atoms with van der Waals surface area (Å²) in [4.78, 5) is 24.0. The van der Waals surface area contributed by atoms with Crippen LogP contribution in [0.2, 0.25) is 0 Å². The van der Waals surface area contributed by atoms with Crippen molar-refractivity contribution in [3.63, 3.8) is 0 Å². The van der Waals surface area contributed by atoms with Crippen molar-refractivity contribution in [2.75, 3.05) is 7.11 Å². The fourth-order valence-electron chi connectivity index (χ4n) is 2.17. The predicted octanol–water partition coefficient (Wildman–Crippen LogP) is 2.65. The molecule has 1 amide bonds. The molecule has 1 N–H and O–H groups in total. The van der Waals surface area contributed by atoms with E-state index in [9.17, 15) is 9.59 Å². The highest BCUT2D eigenvalue weighted by Crippen LogP contribution is 2.20. The maximum Gasteiger partial charge on any atom is 0.338 e. The lowest BCUT2D eigenvalue weighted by Gasteiger charge is -2.07. The van der Waals surface area contributed by atoms with Crippen molar-refractivity contribution < 1.29 is 23.3 Å². The van der Waals surface area contributed by atoms with Gasteiger partial charge in [0, 0.05) is 6.07 Å². The van der Waals surface area contributed by atoms with E-state index in [1.54, 1.807) is 36.4 Å². The van der Waals surface area contributed by atoms with Crippen molar-refractivity contribution in [2.24, 2.45) is 0 Å². The smallest absolute Gasteiger partial charge is 0.338 e. The maximum atomic E-state index is 12.3. The van der Waals surface area contributed by atoms with Crippen LogP contribution in [-0.4, -0.2) is 24.1 Å². The van der Waals surface area contributed by atoms with Gasteiger partial charge in [-0.2, -0.15) is 0 Å². The van der Waals surface area contributed by atoms with E-state index in [-0.39, 0.29) is 17.7 Å². The number of methoxy groups -OCH3 is 1. The molecule has 0 atom stereocenters. The monoisotopic (exact) mass is 326 g/mol. The van der Waals surface area contributed by atoms with E-state index in [4.69, 9.17) is 8.94 Å². The van der Waals surface area contributed by atoms with Gasteiger partial charge >= 0.3 is 5.97 Å². The van der Waals surface area contributed by atoms with Crippen molar-refractivity contribution in [1.29, 1.82) is 0 Å². The summed E-state index contributed by atoms with van der Waals surface area (Å²) >= 11 is 0. The molecular weight excluding hydrogens is 312 g/mol. The molecule has 7 nitrogen and oxygen atoms in total. The molecule has 0 radical (unpaired) electrons. The van der Waals surface area contributed by atoms with Crippen LogP contribution in [0.5, 0.6) is 0 Å². The maximum absolute atomic E-state index is 12.3. The van der Waals surface area contributed by atoms with Crippen molar-refractivity contribution in [2.45, 2.75) is 6.54 Å². The summed E-state index contributed by atoms with van der Waals surface area (Å²) in [6.45, 7) is 0.151. The Labute approximate surface area is 137 Å². The van der Waals surface area contributed by atoms with E-state index in [2.05, 4.69) is 15.2 Å². The minimum absolute atomic E-state index is 0.151. The van der Waals surface area contributed by atoms with E-state index < -0.39 is 11.9 Å².